The molecule has 0 bridgehead atoms. The van der Waals surface area contributed by atoms with Gasteiger partial charge in [-0.2, -0.15) is 4.57 Å². The van der Waals surface area contributed by atoms with Crippen LogP contribution in [-0.4, -0.2) is 31.2 Å². The van der Waals surface area contributed by atoms with Crippen LogP contribution in [0.4, 0.5) is 5.69 Å². The number of hydrogen-bond acceptors (Lipinski definition) is 7. The number of aryl methyl sites for hydroxylation is 1. The van der Waals surface area contributed by atoms with Gasteiger partial charge in [0.05, 0.1) is 10.7 Å². The largest absolute Gasteiger partial charge is 0.550 e. The van der Waals surface area contributed by atoms with Crippen molar-refractivity contribution < 1.29 is 19.3 Å². The van der Waals surface area contributed by atoms with E-state index in [1.807, 2.05) is 0 Å². The van der Waals surface area contributed by atoms with Crippen LogP contribution in [0, 0.1) is 5.41 Å². The molecule has 1 aromatic heterocycles. The van der Waals surface area contributed by atoms with Crippen LogP contribution in [-0.2, 0) is 16.6 Å². The predicted molar refractivity (Wildman–Crippen MR) is 178 cm³/mol. The minimum atomic E-state index is -1.21. The molecule has 2 heterocycles. The highest BCUT2D eigenvalue weighted by Crippen LogP contribution is 2.48. The maximum absolute atomic E-state index is 12.1. The van der Waals surface area contributed by atoms with Gasteiger partial charge in [0.2, 0.25) is 11.4 Å². The highest BCUT2D eigenvalue weighted by molar-refractivity contribution is 8.03. The first-order valence-electron chi connectivity index (χ1n) is 14.4. The third-order valence-electron chi connectivity index (χ3n) is 7.52. The van der Waals surface area contributed by atoms with Crippen molar-refractivity contribution in [2.75, 3.05) is 24.2 Å². The Hall–Kier alpha value is -3.27. The lowest BCUT2D eigenvalue weighted by Crippen LogP contribution is -2.34. The van der Waals surface area contributed by atoms with Gasteiger partial charge in [-0.1, -0.05) is 67.3 Å². The summed E-state index contributed by atoms with van der Waals surface area (Å²) >= 11 is 5.26. The number of carboxylic acids is 1. The summed E-state index contributed by atoms with van der Waals surface area (Å²) in [5.41, 5.74) is 5.10. The first-order chi connectivity index (χ1) is 20.6. The Morgan fingerprint density at radius 2 is 1.98 bits per heavy atom. The second-order valence-electron chi connectivity index (χ2n) is 11.6. The molecule has 1 amide bonds. The number of amides is 1. The summed E-state index contributed by atoms with van der Waals surface area (Å²) in [6, 6.07) is 15.0. The zero-order chi connectivity index (χ0) is 30.6. The van der Waals surface area contributed by atoms with Gasteiger partial charge in [-0.3, -0.25) is 4.79 Å². The number of hydrogen-bond donors (Lipinski definition) is 1. The fourth-order valence-corrected chi connectivity index (χ4v) is 8.19. The molecule has 1 N–H and O–H groups in total. The second kappa shape index (κ2) is 13.6. The number of carbonyl (C=O) groups excluding carboxylic acids is 2. The summed E-state index contributed by atoms with van der Waals surface area (Å²) in [5.74, 6) is -1.49. The number of aromatic nitrogens is 1. The third kappa shape index (κ3) is 7.82. The normalized spacial score (nSPS) is 18.0. The number of aliphatic carboxylic acids is 1. The van der Waals surface area contributed by atoms with Gasteiger partial charge in [0, 0.05) is 47.4 Å². The third-order valence-corrected chi connectivity index (χ3v) is 10.5. The van der Waals surface area contributed by atoms with Gasteiger partial charge in [-0.05, 0) is 72.4 Å². The lowest BCUT2D eigenvalue weighted by molar-refractivity contribution is -0.642. The number of fused-ring (bicyclic) bond motifs is 2. The van der Waals surface area contributed by atoms with Crippen molar-refractivity contribution in [3.05, 3.63) is 88.0 Å². The summed E-state index contributed by atoms with van der Waals surface area (Å²) < 4.78 is 3.52. The van der Waals surface area contributed by atoms with Gasteiger partial charge in [0.1, 0.15) is 11.7 Å². The smallest absolute Gasteiger partial charge is 0.262 e. The highest BCUT2D eigenvalue weighted by Gasteiger charge is 2.29. The Morgan fingerprint density at radius 1 is 1.16 bits per heavy atom. The molecule has 1 aliphatic carbocycles. The fourth-order valence-electron chi connectivity index (χ4n) is 5.54. The number of nitrogens with one attached hydrogen (secondary N) is 1. The zero-order valence-electron chi connectivity index (χ0n) is 25.0. The number of rotatable bonds is 10. The van der Waals surface area contributed by atoms with Crippen molar-refractivity contribution in [1.29, 1.82) is 0 Å². The lowest BCUT2D eigenvalue weighted by atomic mass is 9.75. The monoisotopic (exact) mass is 631 g/mol. The minimum absolute atomic E-state index is 0.0698. The molecule has 0 unspecified atom stereocenters. The molecule has 5 rings (SSSR count). The first kappa shape index (κ1) is 31.2. The van der Waals surface area contributed by atoms with Gasteiger partial charge in [-0.15, -0.1) is 11.8 Å². The van der Waals surface area contributed by atoms with Crippen LogP contribution in [0.2, 0.25) is 0 Å². The number of anilines is 1. The molecular formula is C34H37N3O3S3. The molecule has 9 heteroatoms. The molecule has 0 radical (unpaired) electrons. The van der Waals surface area contributed by atoms with Crippen LogP contribution >= 0.6 is 34.9 Å². The summed E-state index contributed by atoms with van der Waals surface area (Å²) in [5, 5.41) is 15.9. The van der Waals surface area contributed by atoms with E-state index in [1.54, 1.807) is 34.9 Å². The standard InChI is InChI=1S/C34H37N3O3S3/c1-34(2)21-23(8-7-11-31-36(3)26-9-5-6-10-28(26)42-31)18-24(22-34)19-32-37(17-16-35-30(38)14-15-33(39)40)27-20-25(41-4)12-13-29(27)43-32/h5-13,18-20H,14-17,21-22H2,1-4H3,(H-,35,38,39,40). The zero-order valence-corrected chi connectivity index (χ0v) is 27.5. The predicted octanol–water partition coefficient (Wildman–Crippen LogP) is 6.23. The Morgan fingerprint density at radius 3 is 2.74 bits per heavy atom. The van der Waals surface area contributed by atoms with Gasteiger partial charge in [-0.25, -0.2) is 0 Å². The van der Waals surface area contributed by atoms with Crippen LogP contribution in [0.3, 0.4) is 0 Å². The average molecular weight is 632 g/mol. The van der Waals surface area contributed by atoms with Crippen molar-refractivity contribution in [2.24, 2.45) is 12.5 Å². The Balaban J connectivity index is 1.38. The maximum Gasteiger partial charge on any atom is 0.262 e. The average Bonchev–Trinajstić information content (AvgIpc) is 3.47. The molecule has 0 saturated carbocycles. The number of para-hydroxylation sites is 1. The van der Waals surface area contributed by atoms with E-state index in [4.69, 9.17) is 0 Å². The van der Waals surface area contributed by atoms with E-state index >= 15 is 0 Å². The number of nitrogens with zero attached hydrogens (tertiary/aromatic N) is 2. The van der Waals surface area contributed by atoms with E-state index in [0.29, 0.717) is 13.1 Å². The van der Waals surface area contributed by atoms with Crippen LogP contribution < -0.4 is 19.9 Å². The van der Waals surface area contributed by atoms with Crippen LogP contribution in [0.1, 0.15) is 44.5 Å². The Kier molecular flexibility index (Phi) is 9.84. The fraction of sp³-hybridized carbons (Fsp3) is 0.324. The SMILES string of the molecule is CSc1ccc2c(c1)N(CCNC(=O)CCC(=O)[O-])/C(=C/C1=CC(=C/C=C/c3sc4ccccc4[n+]3C)/CC(C)(C)C1)S2. The molecule has 0 saturated heterocycles. The van der Waals surface area contributed by atoms with Crippen molar-refractivity contribution >= 4 is 68.7 Å². The van der Waals surface area contributed by atoms with E-state index in [2.05, 4.69) is 115 Å². The van der Waals surface area contributed by atoms with Crippen molar-refractivity contribution in [2.45, 2.75) is 49.3 Å². The summed E-state index contributed by atoms with van der Waals surface area (Å²) in [7, 11) is 2.11. The van der Waals surface area contributed by atoms with Crippen LogP contribution in [0.5, 0.6) is 0 Å². The second-order valence-corrected chi connectivity index (χ2v) is 14.6. The number of carbonyl (C=O) groups is 2. The summed E-state index contributed by atoms with van der Waals surface area (Å²) in [6.07, 6.45) is 14.9. The Labute approximate surface area is 266 Å². The minimum Gasteiger partial charge on any atom is -0.550 e. The van der Waals surface area contributed by atoms with Gasteiger partial charge in [0.25, 0.3) is 5.01 Å². The van der Waals surface area contributed by atoms with Crippen molar-refractivity contribution in [3.63, 3.8) is 0 Å². The van der Waals surface area contributed by atoms with E-state index in [-0.39, 0.29) is 24.2 Å². The van der Waals surface area contributed by atoms with Gasteiger partial charge >= 0.3 is 0 Å². The van der Waals surface area contributed by atoms with E-state index < -0.39 is 5.97 Å². The molecule has 0 fully saturated rings. The van der Waals surface area contributed by atoms with E-state index in [1.165, 1.54) is 36.2 Å². The Bertz CT molecular complexity index is 1670. The van der Waals surface area contributed by atoms with Crippen molar-refractivity contribution in [3.8, 4) is 0 Å². The van der Waals surface area contributed by atoms with E-state index in [9.17, 15) is 14.7 Å². The molecule has 1 aliphatic heterocycles. The molecular weight excluding hydrogens is 595 g/mol. The van der Waals surface area contributed by atoms with Crippen molar-refractivity contribution in [1.82, 2.24) is 5.32 Å². The molecule has 224 valence electrons. The van der Waals surface area contributed by atoms with Gasteiger partial charge < -0.3 is 20.1 Å². The molecule has 6 nitrogen and oxygen atoms in total. The number of thioether (sulfide) groups is 2. The first-order valence-corrected chi connectivity index (χ1v) is 17.2. The summed E-state index contributed by atoms with van der Waals surface area (Å²) in [6.45, 7) is 5.66. The molecule has 2 aliphatic rings. The molecule has 43 heavy (non-hydrogen) atoms. The lowest BCUT2D eigenvalue weighted by Gasteiger charge is -2.31. The molecule has 0 atom stereocenters. The van der Waals surface area contributed by atoms with E-state index in [0.717, 1.165) is 23.6 Å². The van der Waals surface area contributed by atoms with Gasteiger partial charge in [0.15, 0.2) is 0 Å². The molecule has 0 spiro atoms. The maximum atomic E-state index is 12.1. The molecule has 2 aromatic carbocycles. The number of benzene rings is 2. The number of carboxylic acid groups (broad SMARTS) is 1. The summed E-state index contributed by atoms with van der Waals surface area (Å²) in [4.78, 5) is 27.5. The topological polar surface area (TPSA) is 76.3 Å². The quantitative estimate of drug-likeness (QED) is 0.211. The van der Waals surface area contributed by atoms with Crippen LogP contribution in [0.25, 0.3) is 16.3 Å². The van der Waals surface area contributed by atoms with Crippen LogP contribution in [0.15, 0.2) is 92.7 Å². The molecule has 3 aromatic rings. The number of thiazole rings is 1. The number of allylic oxidation sites excluding steroid dienone is 6. The highest BCUT2D eigenvalue weighted by atomic mass is 32.2.